The Kier molecular flexibility index (Phi) is 7.51. The molecule has 8 heteroatoms. The number of methoxy groups -OCH3 is 1. The lowest BCUT2D eigenvalue weighted by molar-refractivity contribution is 0.0778. The van der Waals surface area contributed by atoms with Crippen LogP contribution in [0.2, 0.25) is 0 Å². The van der Waals surface area contributed by atoms with Crippen LogP contribution in [-0.4, -0.2) is 71.4 Å². The molecule has 7 nitrogen and oxygen atoms in total. The van der Waals surface area contributed by atoms with Crippen molar-refractivity contribution < 1.29 is 13.2 Å². The zero-order valence-electron chi connectivity index (χ0n) is 15.9. The molecule has 146 valence electrons. The molecule has 0 aromatic rings. The summed E-state index contributed by atoms with van der Waals surface area (Å²) in [6.45, 7) is 6.47. The fourth-order valence-corrected chi connectivity index (χ4v) is 4.50. The molecule has 2 aliphatic rings. The molecule has 0 aromatic carbocycles. The molecule has 1 saturated heterocycles. The summed E-state index contributed by atoms with van der Waals surface area (Å²) in [5.74, 6) is 1.17. The number of guanidine groups is 1. The van der Waals surface area contributed by atoms with Crippen LogP contribution in [0.1, 0.15) is 39.0 Å². The third kappa shape index (κ3) is 6.11. The summed E-state index contributed by atoms with van der Waals surface area (Å²) in [5, 5.41) is 6.70. The molecule has 2 fully saturated rings. The van der Waals surface area contributed by atoms with Gasteiger partial charge in [0.2, 0.25) is 10.0 Å². The second-order valence-corrected chi connectivity index (χ2v) is 9.43. The van der Waals surface area contributed by atoms with E-state index in [1.165, 1.54) is 25.5 Å². The minimum Gasteiger partial charge on any atom is -0.385 e. The number of hydrogen-bond donors (Lipinski definition) is 2. The monoisotopic (exact) mass is 374 g/mol. The maximum Gasteiger partial charge on any atom is 0.211 e. The zero-order chi connectivity index (χ0) is 18.3. The van der Waals surface area contributed by atoms with Gasteiger partial charge in [-0.3, -0.25) is 4.99 Å². The first-order valence-electron chi connectivity index (χ1n) is 9.35. The van der Waals surface area contributed by atoms with Crippen LogP contribution in [0.4, 0.5) is 0 Å². The molecule has 1 heterocycles. The minimum atomic E-state index is -3.07. The van der Waals surface area contributed by atoms with E-state index in [9.17, 15) is 8.42 Å². The average molecular weight is 375 g/mol. The van der Waals surface area contributed by atoms with Crippen molar-refractivity contribution in [1.82, 2.24) is 14.9 Å². The van der Waals surface area contributed by atoms with E-state index in [1.54, 1.807) is 11.4 Å². The Balaban J connectivity index is 1.84. The lowest BCUT2D eigenvalue weighted by Gasteiger charge is -2.40. The van der Waals surface area contributed by atoms with Crippen molar-refractivity contribution in [2.75, 3.05) is 52.7 Å². The van der Waals surface area contributed by atoms with Crippen LogP contribution in [0.15, 0.2) is 4.99 Å². The smallest absolute Gasteiger partial charge is 0.211 e. The van der Waals surface area contributed by atoms with Crippen LogP contribution in [0.3, 0.4) is 0 Å². The van der Waals surface area contributed by atoms with Crippen molar-refractivity contribution in [3.8, 4) is 0 Å². The third-order valence-corrected chi connectivity index (χ3v) is 6.71. The number of hydrogen-bond acceptors (Lipinski definition) is 4. The fraction of sp³-hybridized carbons (Fsp3) is 0.941. The summed E-state index contributed by atoms with van der Waals surface area (Å²) >= 11 is 0. The SMILES string of the molecule is CCNC(=NCC1(CCOC)CCC1)NCC1CCN(S(C)(=O)=O)C1. The molecule has 0 bridgehead atoms. The van der Waals surface area contributed by atoms with E-state index in [2.05, 4.69) is 17.6 Å². The number of nitrogens with zero attached hydrogens (tertiary/aromatic N) is 2. The zero-order valence-corrected chi connectivity index (χ0v) is 16.7. The van der Waals surface area contributed by atoms with Gasteiger partial charge in [-0.1, -0.05) is 6.42 Å². The van der Waals surface area contributed by atoms with Gasteiger partial charge < -0.3 is 15.4 Å². The fourth-order valence-electron chi connectivity index (χ4n) is 3.58. The highest BCUT2D eigenvalue weighted by molar-refractivity contribution is 7.88. The van der Waals surface area contributed by atoms with Gasteiger partial charge in [-0.2, -0.15) is 0 Å². The van der Waals surface area contributed by atoms with Crippen molar-refractivity contribution in [3.05, 3.63) is 0 Å². The van der Waals surface area contributed by atoms with Gasteiger partial charge in [0.05, 0.1) is 6.26 Å². The molecule has 1 unspecified atom stereocenters. The van der Waals surface area contributed by atoms with Gasteiger partial charge >= 0.3 is 0 Å². The molecule has 1 saturated carbocycles. The molecule has 1 aliphatic carbocycles. The Labute approximate surface area is 152 Å². The van der Waals surface area contributed by atoms with E-state index in [4.69, 9.17) is 9.73 Å². The molecule has 0 amide bonds. The number of aliphatic imine (C=N–C) groups is 1. The van der Waals surface area contributed by atoms with E-state index < -0.39 is 10.0 Å². The second kappa shape index (κ2) is 9.19. The summed E-state index contributed by atoms with van der Waals surface area (Å²) in [6.07, 6.45) is 6.99. The van der Waals surface area contributed by atoms with Crippen LogP contribution in [-0.2, 0) is 14.8 Å². The Morgan fingerprint density at radius 1 is 1.36 bits per heavy atom. The van der Waals surface area contributed by atoms with Crippen LogP contribution in [0.25, 0.3) is 0 Å². The second-order valence-electron chi connectivity index (χ2n) is 7.45. The average Bonchev–Trinajstić information content (AvgIpc) is 3.00. The number of nitrogens with one attached hydrogen (secondary N) is 2. The van der Waals surface area contributed by atoms with Gasteiger partial charge in [0.1, 0.15) is 0 Å². The number of rotatable bonds is 9. The van der Waals surface area contributed by atoms with Crippen molar-refractivity contribution in [1.29, 1.82) is 0 Å². The van der Waals surface area contributed by atoms with Crippen LogP contribution >= 0.6 is 0 Å². The minimum absolute atomic E-state index is 0.304. The van der Waals surface area contributed by atoms with Crippen LogP contribution < -0.4 is 10.6 Å². The van der Waals surface area contributed by atoms with Crippen molar-refractivity contribution in [3.63, 3.8) is 0 Å². The molecule has 2 N–H and O–H groups in total. The first-order chi connectivity index (χ1) is 11.9. The lowest BCUT2D eigenvalue weighted by atomic mass is 9.67. The van der Waals surface area contributed by atoms with E-state index in [1.807, 2.05) is 0 Å². The number of sulfonamides is 1. The Morgan fingerprint density at radius 3 is 2.64 bits per heavy atom. The van der Waals surface area contributed by atoms with E-state index in [0.717, 1.165) is 45.0 Å². The van der Waals surface area contributed by atoms with E-state index in [0.29, 0.717) is 24.4 Å². The summed E-state index contributed by atoms with van der Waals surface area (Å²) in [4.78, 5) is 4.80. The summed E-state index contributed by atoms with van der Waals surface area (Å²) in [5.41, 5.74) is 0.304. The maximum absolute atomic E-state index is 11.6. The molecular weight excluding hydrogens is 340 g/mol. The molecule has 1 atom stereocenters. The Morgan fingerprint density at radius 2 is 2.12 bits per heavy atom. The van der Waals surface area contributed by atoms with E-state index >= 15 is 0 Å². The highest BCUT2D eigenvalue weighted by Gasteiger charge is 2.36. The molecule has 2 rings (SSSR count). The molecular formula is C17H34N4O3S. The quantitative estimate of drug-likeness (QED) is 0.465. The Hall–Kier alpha value is -0.860. The van der Waals surface area contributed by atoms with Crippen LogP contribution in [0.5, 0.6) is 0 Å². The molecule has 0 radical (unpaired) electrons. The third-order valence-electron chi connectivity index (χ3n) is 5.44. The van der Waals surface area contributed by atoms with Gasteiger partial charge in [-0.05, 0) is 43.9 Å². The van der Waals surface area contributed by atoms with Crippen molar-refractivity contribution in [2.45, 2.75) is 39.0 Å². The normalized spacial score (nSPS) is 24.1. The van der Waals surface area contributed by atoms with Crippen molar-refractivity contribution in [2.24, 2.45) is 16.3 Å². The van der Waals surface area contributed by atoms with Crippen LogP contribution in [0, 0.1) is 11.3 Å². The topological polar surface area (TPSA) is 83.0 Å². The predicted molar refractivity (Wildman–Crippen MR) is 101 cm³/mol. The largest absolute Gasteiger partial charge is 0.385 e. The van der Waals surface area contributed by atoms with Gasteiger partial charge in [0, 0.05) is 46.4 Å². The van der Waals surface area contributed by atoms with Gasteiger partial charge in [0.15, 0.2) is 5.96 Å². The summed E-state index contributed by atoms with van der Waals surface area (Å²) < 4.78 is 30.0. The van der Waals surface area contributed by atoms with Gasteiger partial charge in [-0.25, -0.2) is 12.7 Å². The molecule has 0 spiro atoms. The highest BCUT2D eigenvalue weighted by Crippen LogP contribution is 2.44. The maximum atomic E-state index is 11.6. The standard InChI is InChI=1S/C17H34N4O3S/c1-4-18-16(20-14-17(7-5-8-17)9-11-24-2)19-12-15-6-10-21(13-15)25(3,22)23/h15H,4-14H2,1-3H3,(H2,18,19,20). The van der Waals surface area contributed by atoms with Gasteiger partial charge in [-0.15, -0.1) is 0 Å². The highest BCUT2D eigenvalue weighted by atomic mass is 32.2. The number of ether oxygens (including phenoxy) is 1. The Bertz CT molecular complexity index is 546. The summed E-state index contributed by atoms with van der Waals surface area (Å²) in [6, 6.07) is 0. The first kappa shape index (κ1) is 20.5. The first-order valence-corrected chi connectivity index (χ1v) is 11.2. The summed E-state index contributed by atoms with van der Waals surface area (Å²) in [7, 11) is -1.32. The lowest BCUT2D eigenvalue weighted by Crippen LogP contribution is -2.42. The molecule has 25 heavy (non-hydrogen) atoms. The molecule has 1 aliphatic heterocycles. The predicted octanol–water partition coefficient (Wildman–Crippen LogP) is 1.03. The van der Waals surface area contributed by atoms with E-state index in [-0.39, 0.29) is 0 Å². The van der Waals surface area contributed by atoms with Crippen molar-refractivity contribution >= 4 is 16.0 Å². The van der Waals surface area contributed by atoms with Gasteiger partial charge in [0.25, 0.3) is 0 Å². The molecule has 0 aromatic heterocycles.